The van der Waals surface area contributed by atoms with Crippen molar-refractivity contribution in [3.63, 3.8) is 0 Å². The van der Waals surface area contributed by atoms with Crippen molar-refractivity contribution in [1.82, 2.24) is 5.16 Å². The van der Waals surface area contributed by atoms with Crippen molar-refractivity contribution >= 4 is 23.2 Å². The molecule has 0 atom stereocenters. The number of aromatic nitrogens is 1. The SMILES string of the molecule is Cc1cc(NC(=O)Nc2cc(C(C)(C)C)on2)ccc1[N+](=O)[O-]. The topological polar surface area (TPSA) is 110 Å². The summed E-state index contributed by atoms with van der Waals surface area (Å²) in [6.07, 6.45) is 0. The highest BCUT2D eigenvalue weighted by atomic mass is 16.6. The Balaban J connectivity index is 2.04. The Kier molecular flexibility index (Phi) is 4.35. The minimum Gasteiger partial charge on any atom is -0.359 e. The summed E-state index contributed by atoms with van der Waals surface area (Å²) in [5.41, 5.74) is 0.704. The van der Waals surface area contributed by atoms with Crippen molar-refractivity contribution in [3.8, 4) is 0 Å². The molecule has 0 saturated heterocycles. The standard InChI is InChI=1S/C15H18N4O4/c1-9-7-10(5-6-11(9)19(21)22)16-14(20)17-13-8-12(23-18-13)15(2,3)4/h5-8H,1-4H3,(H2,16,17,18,20). The van der Waals surface area contributed by atoms with Gasteiger partial charge in [-0.1, -0.05) is 25.9 Å². The molecule has 0 aliphatic carbocycles. The molecule has 122 valence electrons. The lowest BCUT2D eigenvalue weighted by Gasteiger charge is -2.12. The lowest BCUT2D eigenvalue weighted by molar-refractivity contribution is -0.385. The summed E-state index contributed by atoms with van der Waals surface area (Å²) >= 11 is 0. The second-order valence-corrected chi connectivity index (χ2v) is 6.16. The Morgan fingerprint density at radius 3 is 2.48 bits per heavy atom. The number of aryl methyl sites for hydroxylation is 1. The Morgan fingerprint density at radius 1 is 1.26 bits per heavy atom. The molecule has 0 radical (unpaired) electrons. The highest BCUT2D eigenvalue weighted by molar-refractivity contribution is 5.99. The normalized spacial score (nSPS) is 11.1. The van der Waals surface area contributed by atoms with Crippen LogP contribution in [0.25, 0.3) is 0 Å². The third-order valence-electron chi connectivity index (χ3n) is 3.14. The quantitative estimate of drug-likeness (QED) is 0.660. The number of rotatable bonds is 3. The van der Waals surface area contributed by atoms with Crippen LogP contribution in [0.3, 0.4) is 0 Å². The molecule has 8 heteroatoms. The third-order valence-corrected chi connectivity index (χ3v) is 3.14. The van der Waals surface area contributed by atoms with Crippen molar-refractivity contribution in [3.05, 3.63) is 45.7 Å². The second-order valence-electron chi connectivity index (χ2n) is 6.16. The van der Waals surface area contributed by atoms with E-state index < -0.39 is 11.0 Å². The van der Waals surface area contributed by atoms with E-state index in [1.54, 1.807) is 13.0 Å². The summed E-state index contributed by atoms with van der Waals surface area (Å²) < 4.78 is 5.17. The van der Waals surface area contributed by atoms with Crippen LogP contribution in [0.2, 0.25) is 0 Å². The summed E-state index contributed by atoms with van der Waals surface area (Å²) in [7, 11) is 0. The van der Waals surface area contributed by atoms with Crippen LogP contribution in [0, 0.1) is 17.0 Å². The first kappa shape index (κ1) is 16.5. The third kappa shape index (κ3) is 4.06. The molecule has 1 aromatic carbocycles. The minimum atomic E-state index is -0.507. The average molecular weight is 318 g/mol. The molecule has 23 heavy (non-hydrogen) atoms. The van der Waals surface area contributed by atoms with Gasteiger partial charge in [-0.3, -0.25) is 15.4 Å². The lowest BCUT2D eigenvalue weighted by atomic mass is 9.93. The van der Waals surface area contributed by atoms with E-state index in [0.717, 1.165) is 0 Å². The summed E-state index contributed by atoms with van der Waals surface area (Å²) in [6, 6.07) is 5.49. The van der Waals surface area contributed by atoms with Crippen LogP contribution >= 0.6 is 0 Å². The molecular weight excluding hydrogens is 300 g/mol. The van der Waals surface area contributed by atoms with Gasteiger partial charge in [0.1, 0.15) is 5.76 Å². The molecule has 2 rings (SSSR count). The number of anilines is 2. The van der Waals surface area contributed by atoms with Crippen molar-refractivity contribution in [2.45, 2.75) is 33.1 Å². The largest absolute Gasteiger partial charge is 0.359 e. The number of carbonyl (C=O) groups is 1. The van der Waals surface area contributed by atoms with Gasteiger partial charge in [-0.05, 0) is 19.1 Å². The molecule has 0 bridgehead atoms. The van der Waals surface area contributed by atoms with Gasteiger partial charge >= 0.3 is 6.03 Å². The molecular formula is C15H18N4O4. The highest BCUT2D eigenvalue weighted by Crippen LogP contribution is 2.25. The van der Waals surface area contributed by atoms with Gasteiger partial charge in [0.05, 0.1) is 4.92 Å². The molecule has 1 heterocycles. The molecule has 0 aliphatic heterocycles. The molecule has 0 aliphatic rings. The summed E-state index contributed by atoms with van der Waals surface area (Å²) in [4.78, 5) is 22.2. The Morgan fingerprint density at radius 2 is 1.96 bits per heavy atom. The van der Waals surface area contributed by atoms with E-state index in [-0.39, 0.29) is 11.1 Å². The van der Waals surface area contributed by atoms with E-state index in [4.69, 9.17) is 4.52 Å². The number of nitrogens with zero attached hydrogens (tertiary/aromatic N) is 2. The summed E-state index contributed by atoms with van der Waals surface area (Å²) in [6.45, 7) is 7.51. The van der Waals surface area contributed by atoms with Crippen LogP contribution in [0.5, 0.6) is 0 Å². The molecule has 2 N–H and O–H groups in total. The Labute approximate surface area is 133 Å². The first-order valence-electron chi connectivity index (χ1n) is 6.97. The molecule has 0 unspecified atom stereocenters. The van der Waals surface area contributed by atoms with Crippen LogP contribution in [0.15, 0.2) is 28.8 Å². The summed E-state index contributed by atoms with van der Waals surface area (Å²) in [5, 5.41) is 19.7. The van der Waals surface area contributed by atoms with Crippen LogP contribution in [0.1, 0.15) is 32.1 Å². The number of urea groups is 1. The van der Waals surface area contributed by atoms with Gasteiger partial charge in [0.2, 0.25) is 0 Å². The van der Waals surface area contributed by atoms with Crippen LogP contribution in [0.4, 0.5) is 22.0 Å². The molecule has 0 saturated carbocycles. The molecule has 2 amide bonds. The van der Waals surface area contributed by atoms with Gasteiger partial charge in [0.25, 0.3) is 5.69 Å². The second kappa shape index (κ2) is 6.07. The zero-order chi connectivity index (χ0) is 17.2. The fourth-order valence-corrected chi connectivity index (χ4v) is 1.90. The smallest absolute Gasteiger partial charge is 0.324 e. The van der Waals surface area contributed by atoms with E-state index in [9.17, 15) is 14.9 Å². The minimum absolute atomic E-state index is 0.00211. The molecule has 0 spiro atoms. The van der Waals surface area contributed by atoms with E-state index in [1.807, 2.05) is 20.8 Å². The fourth-order valence-electron chi connectivity index (χ4n) is 1.90. The number of amides is 2. The van der Waals surface area contributed by atoms with Crippen molar-refractivity contribution in [1.29, 1.82) is 0 Å². The number of nitrogens with one attached hydrogen (secondary N) is 2. The number of hydrogen-bond donors (Lipinski definition) is 2. The zero-order valence-corrected chi connectivity index (χ0v) is 13.3. The zero-order valence-electron chi connectivity index (χ0n) is 13.3. The first-order valence-corrected chi connectivity index (χ1v) is 6.97. The molecule has 0 fully saturated rings. The van der Waals surface area contributed by atoms with Crippen molar-refractivity contribution in [2.24, 2.45) is 0 Å². The van der Waals surface area contributed by atoms with E-state index >= 15 is 0 Å². The van der Waals surface area contributed by atoms with Crippen LogP contribution in [-0.2, 0) is 5.41 Å². The van der Waals surface area contributed by atoms with Crippen molar-refractivity contribution in [2.75, 3.05) is 10.6 Å². The molecule has 8 nitrogen and oxygen atoms in total. The van der Waals surface area contributed by atoms with Gasteiger partial charge in [0.15, 0.2) is 5.82 Å². The van der Waals surface area contributed by atoms with Crippen LogP contribution < -0.4 is 10.6 Å². The number of nitro groups is 1. The highest BCUT2D eigenvalue weighted by Gasteiger charge is 2.20. The number of nitro benzene ring substituents is 1. The number of carbonyl (C=O) groups excluding carboxylic acids is 1. The van der Waals surface area contributed by atoms with Gasteiger partial charge in [0, 0.05) is 28.8 Å². The number of hydrogen-bond acceptors (Lipinski definition) is 5. The molecule has 1 aromatic heterocycles. The monoisotopic (exact) mass is 318 g/mol. The lowest BCUT2D eigenvalue weighted by Crippen LogP contribution is -2.19. The van der Waals surface area contributed by atoms with Crippen LogP contribution in [-0.4, -0.2) is 16.1 Å². The summed E-state index contributed by atoms with van der Waals surface area (Å²) in [5.74, 6) is 0.949. The maximum Gasteiger partial charge on any atom is 0.324 e. The molecule has 2 aromatic rings. The number of benzene rings is 1. The predicted molar refractivity (Wildman–Crippen MR) is 85.7 cm³/mol. The fraction of sp³-hybridized carbons (Fsp3) is 0.333. The van der Waals surface area contributed by atoms with E-state index in [2.05, 4.69) is 15.8 Å². The Hall–Kier alpha value is -2.90. The van der Waals surface area contributed by atoms with E-state index in [0.29, 0.717) is 22.8 Å². The Bertz CT molecular complexity index is 746. The van der Waals surface area contributed by atoms with Gasteiger partial charge in [-0.2, -0.15) is 0 Å². The van der Waals surface area contributed by atoms with Gasteiger partial charge in [-0.25, -0.2) is 4.79 Å². The van der Waals surface area contributed by atoms with Crippen molar-refractivity contribution < 1.29 is 14.2 Å². The maximum atomic E-state index is 11.9. The van der Waals surface area contributed by atoms with E-state index in [1.165, 1.54) is 18.2 Å². The van der Waals surface area contributed by atoms with Gasteiger partial charge < -0.3 is 9.84 Å². The predicted octanol–water partition coefficient (Wildman–Crippen LogP) is 3.83. The first-order chi connectivity index (χ1) is 10.7. The average Bonchev–Trinajstić information content (AvgIpc) is 2.86. The van der Waals surface area contributed by atoms with Gasteiger partial charge in [-0.15, -0.1) is 0 Å². The maximum absolute atomic E-state index is 11.9.